The number of nitrogens with zero attached hydrogens (tertiary/aromatic N) is 4. The third kappa shape index (κ3) is 3.43. The van der Waals surface area contributed by atoms with Crippen molar-refractivity contribution in [1.82, 2.24) is 19.7 Å². The van der Waals surface area contributed by atoms with Crippen molar-refractivity contribution in [2.75, 3.05) is 13.1 Å². The molecule has 104 valence electrons. The van der Waals surface area contributed by atoms with Gasteiger partial charge < -0.3 is 5.73 Å². The quantitative estimate of drug-likeness (QED) is 0.898. The van der Waals surface area contributed by atoms with E-state index >= 15 is 0 Å². The van der Waals surface area contributed by atoms with E-state index in [0.717, 1.165) is 37.9 Å². The average molecular weight is 274 g/mol. The lowest BCUT2D eigenvalue weighted by molar-refractivity contribution is 0.110. The molecule has 1 fully saturated rings. The second kappa shape index (κ2) is 7.07. The fourth-order valence-electron chi connectivity index (χ4n) is 2.61. The Bertz CT molecular complexity index is 354. The van der Waals surface area contributed by atoms with Gasteiger partial charge in [-0.15, -0.1) is 12.4 Å². The van der Waals surface area contributed by atoms with Crippen molar-refractivity contribution < 1.29 is 0 Å². The summed E-state index contributed by atoms with van der Waals surface area (Å²) in [6.45, 7) is 8.03. The molecule has 2 atom stereocenters. The Labute approximate surface area is 115 Å². The summed E-state index contributed by atoms with van der Waals surface area (Å²) in [6.07, 6.45) is 4.11. The Hall–Kier alpha value is -0.650. The maximum absolute atomic E-state index is 5.87. The topological polar surface area (TPSA) is 60.0 Å². The number of aryl methyl sites for hydroxylation is 1. The lowest BCUT2D eigenvalue weighted by Gasteiger charge is -2.37. The molecule has 1 aromatic rings. The van der Waals surface area contributed by atoms with Crippen molar-refractivity contribution in [3.8, 4) is 0 Å². The molecule has 18 heavy (non-hydrogen) atoms. The highest BCUT2D eigenvalue weighted by molar-refractivity contribution is 5.85. The second-order valence-electron chi connectivity index (χ2n) is 4.98. The second-order valence-corrected chi connectivity index (χ2v) is 4.98. The first-order valence-electron chi connectivity index (χ1n) is 6.55. The summed E-state index contributed by atoms with van der Waals surface area (Å²) in [6, 6.07) is 0.501. The van der Waals surface area contributed by atoms with E-state index in [9.17, 15) is 0 Å². The number of halogens is 1. The molecule has 1 aliphatic rings. The molecule has 5 nitrogen and oxygen atoms in total. The summed E-state index contributed by atoms with van der Waals surface area (Å²) < 4.78 is 1.96. The maximum Gasteiger partial charge on any atom is 0.141 e. The van der Waals surface area contributed by atoms with Crippen LogP contribution in [0, 0.1) is 5.92 Å². The maximum atomic E-state index is 5.87. The fraction of sp³-hybridized carbons (Fsp3) is 0.833. The summed E-state index contributed by atoms with van der Waals surface area (Å²) in [5.41, 5.74) is 5.87. The number of hydrogen-bond donors (Lipinski definition) is 1. The van der Waals surface area contributed by atoms with Gasteiger partial charge in [0.25, 0.3) is 0 Å². The molecular formula is C12H24ClN5. The van der Waals surface area contributed by atoms with Crippen LogP contribution in [-0.2, 0) is 13.1 Å². The van der Waals surface area contributed by atoms with E-state index < -0.39 is 0 Å². The van der Waals surface area contributed by atoms with E-state index in [1.54, 1.807) is 6.33 Å². The van der Waals surface area contributed by atoms with Gasteiger partial charge in [-0.05, 0) is 32.2 Å². The molecule has 0 aliphatic carbocycles. The highest BCUT2D eigenvalue weighted by Crippen LogP contribution is 2.23. The molecule has 0 saturated carbocycles. The molecule has 2 unspecified atom stereocenters. The molecule has 0 amide bonds. The van der Waals surface area contributed by atoms with Gasteiger partial charge in [-0.2, -0.15) is 5.10 Å². The minimum atomic E-state index is 0. The Morgan fingerprint density at radius 3 is 2.94 bits per heavy atom. The predicted octanol–water partition coefficient (Wildman–Crippen LogP) is 1.28. The Balaban J connectivity index is 0.00000162. The first-order chi connectivity index (χ1) is 8.24. The lowest BCUT2D eigenvalue weighted by Crippen LogP contribution is -2.46. The van der Waals surface area contributed by atoms with Gasteiger partial charge in [-0.3, -0.25) is 4.90 Å². The number of rotatable bonds is 4. The van der Waals surface area contributed by atoms with Crippen LogP contribution in [0.1, 0.15) is 32.5 Å². The third-order valence-corrected chi connectivity index (χ3v) is 3.71. The number of nitrogens with two attached hydrogens (primary N) is 1. The van der Waals surface area contributed by atoms with Gasteiger partial charge >= 0.3 is 0 Å². The Morgan fingerprint density at radius 1 is 1.50 bits per heavy atom. The molecule has 0 radical (unpaired) electrons. The summed E-state index contributed by atoms with van der Waals surface area (Å²) in [4.78, 5) is 6.79. The highest BCUT2D eigenvalue weighted by Gasteiger charge is 2.26. The van der Waals surface area contributed by atoms with Crippen LogP contribution in [0.3, 0.4) is 0 Å². The third-order valence-electron chi connectivity index (χ3n) is 3.71. The van der Waals surface area contributed by atoms with Crippen LogP contribution in [-0.4, -0.2) is 38.8 Å². The van der Waals surface area contributed by atoms with Crippen LogP contribution in [0.4, 0.5) is 0 Å². The normalized spacial score (nSPS) is 24.8. The minimum absolute atomic E-state index is 0. The molecule has 0 aromatic carbocycles. The van der Waals surface area contributed by atoms with E-state index in [4.69, 9.17) is 5.73 Å². The van der Waals surface area contributed by atoms with E-state index in [1.807, 2.05) is 4.68 Å². The van der Waals surface area contributed by atoms with Crippen molar-refractivity contribution in [3.05, 3.63) is 12.2 Å². The molecule has 0 spiro atoms. The monoisotopic (exact) mass is 273 g/mol. The van der Waals surface area contributed by atoms with Crippen LogP contribution in [0.25, 0.3) is 0 Å². The van der Waals surface area contributed by atoms with E-state index in [0.29, 0.717) is 6.04 Å². The fourth-order valence-corrected chi connectivity index (χ4v) is 2.61. The highest BCUT2D eigenvalue weighted by atomic mass is 35.5. The molecule has 2 N–H and O–H groups in total. The summed E-state index contributed by atoms with van der Waals surface area (Å²) in [5, 5.41) is 4.21. The molecule has 0 bridgehead atoms. The van der Waals surface area contributed by atoms with Crippen molar-refractivity contribution in [1.29, 1.82) is 0 Å². The molecular weight excluding hydrogens is 250 g/mol. The SMILES string of the molecule is CCn1ncnc1CN1CCC(C)CC1CN.Cl. The largest absolute Gasteiger partial charge is 0.329 e. The standard InChI is InChI=1S/C12H23N5.ClH/c1-3-17-12(14-9-15-17)8-16-5-4-10(2)6-11(16)7-13;/h9-11H,3-8,13H2,1-2H3;1H. The van der Waals surface area contributed by atoms with Crippen LogP contribution in [0.2, 0.25) is 0 Å². The number of aromatic nitrogens is 3. The van der Waals surface area contributed by atoms with Crippen LogP contribution >= 0.6 is 12.4 Å². The van der Waals surface area contributed by atoms with Crippen LogP contribution < -0.4 is 5.73 Å². The predicted molar refractivity (Wildman–Crippen MR) is 74.6 cm³/mol. The first kappa shape index (κ1) is 15.4. The van der Waals surface area contributed by atoms with Gasteiger partial charge in [0.2, 0.25) is 0 Å². The van der Waals surface area contributed by atoms with Crippen LogP contribution in [0.15, 0.2) is 6.33 Å². The van der Waals surface area contributed by atoms with Gasteiger partial charge in [0.05, 0.1) is 6.54 Å². The van der Waals surface area contributed by atoms with Crippen molar-refractivity contribution in [2.45, 2.75) is 45.8 Å². The molecule has 6 heteroatoms. The van der Waals surface area contributed by atoms with Gasteiger partial charge in [0.15, 0.2) is 0 Å². The molecule has 1 saturated heterocycles. The molecule has 1 aliphatic heterocycles. The molecule has 2 heterocycles. The van der Waals surface area contributed by atoms with E-state index in [1.165, 1.54) is 12.8 Å². The number of hydrogen-bond acceptors (Lipinski definition) is 4. The summed E-state index contributed by atoms with van der Waals surface area (Å²) in [5.74, 6) is 1.85. The summed E-state index contributed by atoms with van der Waals surface area (Å²) in [7, 11) is 0. The minimum Gasteiger partial charge on any atom is -0.329 e. The smallest absolute Gasteiger partial charge is 0.141 e. The zero-order chi connectivity index (χ0) is 12.3. The van der Waals surface area contributed by atoms with Gasteiger partial charge in [-0.25, -0.2) is 9.67 Å². The van der Waals surface area contributed by atoms with Crippen molar-refractivity contribution in [2.24, 2.45) is 11.7 Å². The summed E-state index contributed by atoms with van der Waals surface area (Å²) >= 11 is 0. The van der Waals surface area contributed by atoms with Gasteiger partial charge in [0.1, 0.15) is 12.2 Å². The average Bonchev–Trinajstić information content (AvgIpc) is 2.78. The Kier molecular flexibility index (Phi) is 6.05. The van der Waals surface area contributed by atoms with Crippen molar-refractivity contribution in [3.63, 3.8) is 0 Å². The lowest BCUT2D eigenvalue weighted by atomic mass is 9.92. The zero-order valence-corrected chi connectivity index (χ0v) is 12.1. The van der Waals surface area contributed by atoms with Crippen molar-refractivity contribution >= 4 is 12.4 Å². The number of likely N-dealkylation sites (tertiary alicyclic amines) is 1. The van der Waals surface area contributed by atoms with Gasteiger partial charge in [0, 0.05) is 19.1 Å². The first-order valence-corrected chi connectivity index (χ1v) is 6.55. The Morgan fingerprint density at radius 2 is 2.28 bits per heavy atom. The molecule has 1 aromatic heterocycles. The molecule has 2 rings (SSSR count). The van der Waals surface area contributed by atoms with E-state index in [-0.39, 0.29) is 12.4 Å². The van der Waals surface area contributed by atoms with E-state index in [2.05, 4.69) is 28.8 Å². The van der Waals surface area contributed by atoms with Crippen LogP contribution in [0.5, 0.6) is 0 Å². The number of piperidine rings is 1. The van der Waals surface area contributed by atoms with Gasteiger partial charge in [-0.1, -0.05) is 6.92 Å². The zero-order valence-electron chi connectivity index (χ0n) is 11.2.